The zero-order valence-electron chi connectivity index (χ0n) is 10.7. The van der Waals surface area contributed by atoms with Crippen molar-refractivity contribution in [3.05, 3.63) is 58.1 Å². The van der Waals surface area contributed by atoms with E-state index < -0.39 is 11.6 Å². The quantitative estimate of drug-likeness (QED) is 0.808. The number of H-pyrrole nitrogens is 2. The third-order valence-corrected chi connectivity index (χ3v) is 3.85. The van der Waals surface area contributed by atoms with Crippen molar-refractivity contribution in [3.8, 4) is 0 Å². The number of halogens is 2. The Morgan fingerprint density at radius 2 is 1.95 bits per heavy atom. The fourth-order valence-corrected chi connectivity index (χ4v) is 2.98. The third kappa shape index (κ3) is 2.72. The first-order valence-corrected chi connectivity index (χ1v) is 6.96. The first-order valence-electron chi connectivity index (χ1n) is 6.55. The molecule has 20 heavy (non-hydrogen) atoms. The lowest BCUT2D eigenvalue weighted by Crippen LogP contribution is -2.04. The second-order valence-corrected chi connectivity index (χ2v) is 5.47. The van der Waals surface area contributed by atoms with E-state index in [0.29, 0.717) is 10.3 Å². The van der Waals surface area contributed by atoms with Crippen molar-refractivity contribution in [3.63, 3.8) is 0 Å². The molecular formula is C15H14F2N2S. The van der Waals surface area contributed by atoms with Crippen molar-refractivity contribution in [2.75, 3.05) is 0 Å². The summed E-state index contributed by atoms with van der Waals surface area (Å²) in [4.78, 5) is 6.02. The Kier molecular flexibility index (Phi) is 3.53. The molecule has 0 saturated carbocycles. The standard InChI is InChI=1S/C15H14F2N2S/c16-11-4-10(5-12(17)7-11)14-3-1-2-9(14)6-13-8-18-15(20)19-13/h3-5,7-9H,1-2,6H2,(H2,18,19,20). The lowest BCUT2D eigenvalue weighted by molar-refractivity contribution is 0.580. The van der Waals surface area contributed by atoms with E-state index >= 15 is 0 Å². The number of nitrogens with one attached hydrogen (secondary N) is 2. The molecule has 1 aromatic heterocycles. The van der Waals surface area contributed by atoms with Gasteiger partial charge in [-0.3, -0.25) is 0 Å². The third-order valence-electron chi connectivity index (χ3n) is 3.63. The first-order chi connectivity index (χ1) is 9.61. The fourth-order valence-electron chi connectivity index (χ4n) is 2.79. The molecule has 1 aliphatic carbocycles. The number of hydrogen-bond donors (Lipinski definition) is 2. The maximum absolute atomic E-state index is 13.3. The maximum atomic E-state index is 13.3. The van der Waals surface area contributed by atoms with Crippen molar-refractivity contribution in [2.24, 2.45) is 5.92 Å². The van der Waals surface area contributed by atoms with Gasteiger partial charge in [-0.05, 0) is 60.7 Å². The Bertz CT molecular complexity index is 694. The van der Waals surface area contributed by atoms with E-state index in [0.717, 1.165) is 36.6 Å². The Morgan fingerprint density at radius 1 is 1.20 bits per heavy atom. The van der Waals surface area contributed by atoms with Gasteiger partial charge in [-0.1, -0.05) is 6.08 Å². The van der Waals surface area contributed by atoms with Gasteiger partial charge in [-0.25, -0.2) is 8.78 Å². The molecule has 0 radical (unpaired) electrons. The van der Waals surface area contributed by atoms with Gasteiger partial charge in [-0.2, -0.15) is 0 Å². The van der Waals surface area contributed by atoms with Crippen LogP contribution in [0.1, 0.15) is 24.1 Å². The Labute approximate surface area is 120 Å². The molecule has 1 aliphatic rings. The van der Waals surface area contributed by atoms with Crippen LogP contribution in [0.3, 0.4) is 0 Å². The van der Waals surface area contributed by atoms with Crippen molar-refractivity contribution in [1.29, 1.82) is 0 Å². The Hall–Kier alpha value is -1.75. The summed E-state index contributed by atoms with van der Waals surface area (Å²) in [6.07, 6.45) is 6.63. The average Bonchev–Trinajstić information content (AvgIpc) is 2.98. The molecule has 0 bridgehead atoms. The van der Waals surface area contributed by atoms with Crippen LogP contribution in [0.5, 0.6) is 0 Å². The summed E-state index contributed by atoms with van der Waals surface area (Å²) in [5, 5.41) is 0. The summed E-state index contributed by atoms with van der Waals surface area (Å²) in [5.41, 5.74) is 2.67. The maximum Gasteiger partial charge on any atom is 0.174 e. The highest BCUT2D eigenvalue weighted by molar-refractivity contribution is 7.71. The van der Waals surface area contributed by atoms with E-state index in [1.807, 2.05) is 6.20 Å². The predicted molar refractivity (Wildman–Crippen MR) is 76.7 cm³/mol. The van der Waals surface area contributed by atoms with Crippen molar-refractivity contribution >= 4 is 17.8 Å². The minimum absolute atomic E-state index is 0.262. The molecule has 0 fully saturated rings. The minimum Gasteiger partial charge on any atom is -0.337 e. The zero-order valence-corrected chi connectivity index (χ0v) is 11.6. The molecule has 1 atom stereocenters. The largest absolute Gasteiger partial charge is 0.337 e. The summed E-state index contributed by atoms with van der Waals surface area (Å²) < 4.78 is 27.3. The summed E-state index contributed by atoms with van der Waals surface area (Å²) >= 11 is 5.01. The topological polar surface area (TPSA) is 31.6 Å². The van der Waals surface area contributed by atoms with Crippen molar-refractivity contribution < 1.29 is 8.78 Å². The van der Waals surface area contributed by atoms with E-state index in [1.54, 1.807) is 0 Å². The molecule has 1 aromatic carbocycles. The van der Waals surface area contributed by atoms with Gasteiger partial charge in [0.1, 0.15) is 11.6 Å². The van der Waals surface area contributed by atoms with Crippen LogP contribution in [0, 0.1) is 22.3 Å². The van der Waals surface area contributed by atoms with Crippen LogP contribution in [0.25, 0.3) is 5.57 Å². The normalized spacial score (nSPS) is 18.3. The zero-order chi connectivity index (χ0) is 14.1. The van der Waals surface area contributed by atoms with Gasteiger partial charge in [0.2, 0.25) is 0 Å². The molecule has 3 rings (SSSR count). The molecular weight excluding hydrogens is 278 g/mol. The van der Waals surface area contributed by atoms with E-state index in [9.17, 15) is 8.78 Å². The molecule has 0 saturated heterocycles. The van der Waals surface area contributed by atoms with Crippen LogP contribution in [0.4, 0.5) is 8.78 Å². The van der Waals surface area contributed by atoms with Gasteiger partial charge in [0.05, 0.1) is 0 Å². The molecule has 2 aromatic rings. The average molecular weight is 292 g/mol. The van der Waals surface area contributed by atoms with Crippen LogP contribution < -0.4 is 0 Å². The lowest BCUT2D eigenvalue weighted by Gasteiger charge is -2.14. The molecule has 2 N–H and O–H groups in total. The monoisotopic (exact) mass is 292 g/mol. The van der Waals surface area contributed by atoms with Gasteiger partial charge in [0.15, 0.2) is 4.77 Å². The number of allylic oxidation sites excluding steroid dienone is 2. The number of aromatic amines is 2. The van der Waals surface area contributed by atoms with Gasteiger partial charge in [0.25, 0.3) is 0 Å². The summed E-state index contributed by atoms with van der Waals surface area (Å²) in [7, 11) is 0. The number of rotatable bonds is 3. The van der Waals surface area contributed by atoms with Crippen LogP contribution in [0.2, 0.25) is 0 Å². The summed E-state index contributed by atoms with van der Waals surface area (Å²) in [5.74, 6) is -0.808. The summed E-state index contributed by atoms with van der Waals surface area (Å²) in [6, 6.07) is 3.69. The highest BCUT2D eigenvalue weighted by Crippen LogP contribution is 2.36. The van der Waals surface area contributed by atoms with Crippen molar-refractivity contribution in [2.45, 2.75) is 19.3 Å². The second-order valence-electron chi connectivity index (χ2n) is 5.06. The highest BCUT2D eigenvalue weighted by Gasteiger charge is 2.22. The second kappa shape index (κ2) is 5.32. The van der Waals surface area contributed by atoms with E-state index in [-0.39, 0.29) is 5.92 Å². The van der Waals surface area contributed by atoms with E-state index in [1.165, 1.54) is 12.1 Å². The van der Waals surface area contributed by atoms with Crippen LogP contribution >= 0.6 is 12.2 Å². The Balaban J connectivity index is 1.86. The molecule has 1 unspecified atom stereocenters. The molecule has 0 aliphatic heterocycles. The van der Waals surface area contributed by atoms with E-state index in [2.05, 4.69) is 16.0 Å². The van der Waals surface area contributed by atoms with Gasteiger partial charge in [0, 0.05) is 18.0 Å². The molecule has 104 valence electrons. The molecule has 0 spiro atoms. The lowest BCUT2D eigenvalue weighted by atomic mass is 9.91. The number of hydrogen-bond acceptors (Lipinski definition) is 1. The molecule has 5 heteroatoms. The summed E-state index contributed by atoms with van der Waals surface area (Å²) in [6.45, 7) is 0. The first kappa shape index (κ1) is 13.2. The van der Waals surface area contributed by atoms with Gasteiger partial charge >= 0.3 is 0 Å². The number of aromatic nitrogens is 2. The fraction of sp³-hybridized carbons (Fsp3) is 0.267. The minimum atomic E-state index is -0.535. The SMILES string of the molecule is Fc1cc(F)cc(C2=CCCC2Cc2c[nH]c(=S)[nH]2)c1. The van der Waals surface area contributed by atoms with Gasteiger partial charge in [-0.15, -0.1) is 0 Å². The Morgan fingerprint density at radius 3 is 2.60 bits per heavy atom. The molecule has 0 amide bonds. The highest BCUT2D eigenvalue weighted by atomic mass is 32.1. The molecule has 2 nitrogen and oxygen atoms in total. The number of imidazole rings is 1. The van der Waals surface area contributed by atoms with Gasteiger partial charge < -0.3 is 9.97 Å². The number of benzene rings is 1. The smallest absolute Gasteiger partial charge is 0.174 e. The molecule has 1 heterocycles. The van der Waals surface area contributed by atoms with E-state index in [4.69, 9.17) is 12.2 Å². The van der Waals surface area contributed by atoms with Crippen LogP contribution in [0.15, 0.2) is 30.5 Å². The predicted octanol–water partition coefficient (Wildman–Crippen LogP) is 4.39. The van der Waals surface area contributed by atoms with Crippen LogP contribution in [-0.2, 0) is 6.42 Å². The van der Waals surface area contributed by atoms with Crippen LogP contribution in [-0.4, -0.2) is 9.97 Å². The van der Waals surface area contributed by atoms with Crippen molar-refractivity contribution in [1.82, 2.24) is 9.97 Å².